The van der Waals surface area contributed by atoms with Crippen LogP contribution in [0.25, 0.3) is 0 Å². The number of anilines is 1. The Balaban J connectivity index is 1.83. The Bertz CT molecular complexity index is 373. The molecule has 1 nitrogen and oxygen atoms in total. The van der Waals surface area contributed by atoms with Crippen LogP contribution in [0.3, 0.4) is 0 Å². The van der Waals surface area contributed by atoms with Crippen LogP contribution in [-0.4, -0.2) is 6.54 Å². The van der Waals surface area contributed by atoms with Crippen LogP contribution in [0.1, 0.15) is 44.9 Å². The molecule has 0 bridgehead atoms. The summed E-state index contributed by atoms with van der Waals surface area (Å²) in [5.74, 6) is 0.378. The van der Waals surface area contributed by atoms with E-state index < -0.39 is 0 Å². The van der Waals surface area contributed by atoms with Gasteiger partial charge in [-0.2, -0.15) is 0 Å². The Labute approximate surface area is 114 Å². The van der Waals surface area contributed by atoms with Crippen LogP contribution >= 0.6 is 11.6 Å². The Hall–Kier alpha value is -0.760. The van der Waals surface area contributed by atoms with Crippen molar-refractivity contribution in [3.63, 3.8) is 0 Å². The van der Waals surface area contributed by atoms with Crippen molar-refractivity contribution in [1.29, 1.82) is 0 Å². The SMILES string of the molecule is Fc1cc(NCC2CCCCCCC2)ccc1Cl. The average Bonchev–Trinajstić information content (AvgIpc) is 2.32. The molecule has 0 atom stereocenters. The summed E-state index contributed by atoms with van der Waals surface area (Å²) < 4.78 is 13.3. The molecule has 1 aliphatic rings. The monoisotopic (exact) mass is 269 g/mol. The molecule has 1 aromatic carbocycles. The standard InChI is InChI=1S/C15H21ClFN/c16-14-9-8-13(10-15(14)17)18-11-12-6-4-2-1-3-5-7-12/h8-10,12,18H,1-7,11H2. The highest BCUT2D eigenvalue weighted by Crippen LogP contribution is 2.24. The van der Waals surface area contributed by atoms with Crippen molar-refractivity contribution in [1.82, 2.24) is 0 Å². The van der Waals surface area contributed by atoms with Gasteiger partial charge in [0.05, 0.1) is 5.02 Å². The van der Waals surface area contributed by atoms with Gasteiger partial charge in [0, 0.05) is 12.2 Å². The molecule has 1 fully saturated rings. The fourth-order valence-corrected chi connectivity index (χ4v) is 2.73. The van der Waals surface area contributed by atoms with E-state index in [2.05, 4.69) is 5.32 Å². The van der Waals surface area contributed by atoms with Gasteiger partial charge in [0.2, 0.25) is 0 Å². The van der Waals surface area contributed by atoms with E-state index in [-0.39, 0.29) is 10.8 Å². The van der Waals surface area contributed by atoms with Crippen LogP contribution in [0.4, 0.5) is 10.1 Å². The quantitative estimate of drug-likeness (QED) is 0.790. The van der Waals surface area contributed by atoms with Crippen LogP contribution in [0.15, 0.2) is 18.2 Å². The highest BCUT2D eigenvalue weighted by atomic mass is 35.5. The van der Waals surface area contributed by atoms with Gasteiger partial charge in [0.15, 0.2) is 0 Å². The Morgan fingerprint density at radius 2 is 1.78 bits per heavy atom. The summed E-state index contributed by atoms with van der Waals surface area (Å²) >= 11 is 5.67. The van der Waals surface area contributed by atoms with Gasteiger partial charge in [-0.3, -0.25) is 0 Å². The predicted octanol–water partition coefficient (Wildman–Crippen LogP) is 5.25. The fourth-order valence-electron chi connectivity index (χ4n) is 2.61. The van der Waals surface area contributed by atoms with E-state index in [4.69, 9.17) is 11.6 Å². The van der Waals surface area contributed by atoms with Gasteiger partial charge in [-0.1, -0.05) is 43.7 Å². The Morgan fingerprint density at radius 1 is 1.11 bits per heavy atom. The summed E-state index contributed by atoms with van der Waals surface area (Å²) in [5, 5.41) is 3.52. The number of hydrogen-bond donors (Lipinski definition) is 1. The molecule has 3 heteroatoms. The van der Waals surface area contributed by atoms with Gasteiger partial charge < -0.3 is 5.32 Å². The van der Waals surface area contributed by atoms with Gasteiger partial charge in [0.25, 0.3) is 0 Å². The summed E-state index contributed by atoms with van der Waals surface area (Å²) in [6.07, 6.45) is 9.38. The minimum atomic E-state index is -0.348. The van der Waals surface area contributed by atoms with Gasteiger partial charge in [0.1, 0.15) is 5.82 Å². The van der Waals surface area contributed by atoms with Crippen LogP contribution < -0.4 is 5.32 Å². The summed E-state index contributed by atoms with van der Waals surface area (Å²) in [6, 6.07) is 4.93. The topological polar surface area (TPSA) is 12.0 Å². The van der Waals surface area contributed by atoms with Gasteiger partial charge in [-0.05, 0) is 37.0 Å². The number of benzene rings is 1. The van der Waals surface area contributed by atoms with Crippen molar-refractivity contribution < 1.29 is 4.39 Å². The summed E-state index contributed by atoms with van der Waals surface area (Å²) in [5.41, 5.74) is 0.832. The fraction of sp³-hybridized carbons (Fsp3) is 0.600. The molecule has 0 radical (unpaired) electrons. The van der Waals surface area contributed by atoms with Crippen molar-refractivity contribution in [2.24, 2.45) is 5.92 Å². The van der Waals surface area contributed by atoms with E-state index in [1.54, 1.807) is 6.07 Å². The molecule has 0 unspecified atom stereocenters. The zero-order valence-corrected chi connectivity index (χ0v) is 11.5. The number of halogens is 2. The molecule has 0 aliphatic heterocycles. The summed E-state index contributed by atoms with van der Waals surface area (Å²) in [4.78, 5) is 0. The average molecular weight is 270 g/mol. The molecule has 0 saturated heterocycles. The molecule has 1 aromatic rings. The van der Waals surface area contributed by atoms with E-state index in [0.29, 0.717) is 0 Å². The lowest BCUT2D eigenvalue weighted by Crippen LogP contribution is -2.15. The van der Waals surface area contributed by atoms with Gasteiger partial charge in [-0.25, -0.2) is 4.39 Å². The molecule has 18 heavy (non-hydrogen) atoms. The summed E-state index contributed by atoms with van der Waals surface area (Å²) in [7, 11) is 0. The first-order chi connectivity index (χ1) is 8.75. The maximum absolute atomic E-state index is 13.3. The van der Waals surface area contributed by atoms with Crippen LogP contribution in [0.2, 0.25) is 5.02 Å². The number of rotatable bonds is 3. The highest BCUT2D eigenvalue weighted by Gasteiger charge is 2.11. The first-order valence-corrected chi connectivity index (χ1v) is 7.32. The molecular formula is C15H21ClFN. The van der Waals surface area contributed by atoms with Crippen molar-refractivity contribution in [3.8, 4) is 0 Å². The van der Waals surface area contributed by atoms with Gasteiger partial charge in [-0.15, -0.1) is 0 Å². The molecule has 0 spiro atoms. The van der Waals surface area contributed by atoms with E-state index in [9.17, 15) is 4.39 Å². The van der Waals surface area contributed by atoms with Crippen LogP contribution in [0, 0.1) is 11.7 Å². The maximum atomic E-state index is 13.3. The van der Waals surface area contributed by atoms with Crippen LogP contribution in [0.5, 0.6) is 0 Å². The zero-order chi connectivity index (χ0) is 12.8. The smallest absolute Gasteiger partial charge is 0.143 e. The number of nitrogens with one attached hydrogen (secondary N) is 1. The van der Waals surface area contributed by atoms with Gasteiger partial charge >= 0.3 is 0 Å². The zero-order valence-electron chi connectivity index (χ0n) is 10.7. The highest BCUT2D eigenvalue weighted by molar-refractivity contribution is 6.30. The normalized spacial score (nSPS) is 18.1. The number of hydrogen-bond acceptors (Lipinski definition) is 1. The second-order valence-corrected chi connectivity index (χ2v) is 5.63. The van der Waals surface area contributed by atoms with E-state index in [1.807, 2.05) is 6.07 Å². The molecule has 0 aromatic heterocycles. The van der Waals surface area contributed by atoms with Crippen LogP contribution in [-0.2, 0) is 0 Å². The predicted molar refractivity (Wildman–Crippen MR) is 75.7 cm³/mol. The third-order valence-electron chi connectivity index (χ3n) is 3.74. The molecule has 100 valence electrons. The van der Waals surface area contributed by atoms with E-state index >= 15 is 0 Å². The van der Waals surface area contributed by atoms with E-state index in [1.165, 1.54) is 51.0 Å². The molecule has 0 heterocycles. The molecule has 0 amide bonds. The molecule has 1 aliphatic carbocycles. The lowest BCUT2D eigenvalue weighted by Gasteiger charge is -2.20. The Morgan fingerprint density at radius 3 is 2.44 bits per heavy atom. The second kappa shape index (κ2) is 6.98. The first-order valence-electron chi connectivity index (χ1n) is 6.94. The molecule has 1 N–H and O–H groups in total. The largest absolute Gasteiger partial charge is 0.385 e. The minimum absolute atomic E-state index is 0.187. The Kier molecular flexibility index (Phi) is 5.30. The first kappa shape index (κ1) is 13.7. The van der Waals surface area contributed by atoms with Crippen molar-refractivity contribution in [2.75, 3.05) is 11.9 Å². The molecule has 2 rings (SSSR count). The van der Waals surface area contributed by atoms with Crippen molar-refractivity contribution >= 4 is 17.3 Å². The third kappa shape index (κ3) is 4.16. The lowest BCUT2D eigenvalue weighted by atomic mass is 9.91. The summed E-state index contributed by atoms with van der Waals surface area (Å²) in [6.45, 7) is 0.946. The minimum Gasteiger partial charge on any atom is -0.385 e. The lowest BCUT2D eigenvalue weighted by molar-refractivity contribution is 0.392. The van der Waals surface area contributed by atoms with Crippen molar-refractivity contribution in [2.45, 2.75) is 44.9 Å². The maximum Gasteiger partial charge on any atom is 0.143 e. The van der Waals surface area contributed by atoms with E-state index in [0.717, 1.165) is 18.2 Å². The third-order valence-corrected chi connectivity index (χ3v) is 4.05. The van der Waals surface area contributed by atoms with Crippen molar-refractivity contribution in [3.05, 3.63) is 29.0 Å². The molecular weight excluding hydrogens is 249 g/mol. The molecule has 1 saturated carbocycles. The second-order valence-electron chi connectivity index (χ2n) is 5.22.